The van der Waals surface area contributed by atoms with Crippen molar-refractivity contribution in [2.75, 3.05) is 12.4 Å². The maximum Gasteiger partial charge on any atom is 0.193 e. The number of nitrogens with one attached hydrogen (secondary N) is 1. The normalized spacial score (nSPS) is 10.9. The molecule has 0 saturated heterocycles. The van der Waals surface area contributed by atoms with Crippen LogP contribution in [0.1, 0.15) is 10.4 Å². The van der Waals surface area contributed by atoms with Crippen LogP contribution in [0.25, 0.3) is 11.1 Å². The summed E-state index contributed by atoms with van der Waals surface area (Å²) in [6.07, 6.45) is 0. The zero-order chi connectivity index (χ0) is 17.6. The Balaban J connectivity index is 0.00000243. The first-order chi connectivity index (χ1) is 12.1. The van der Waals surface area contributed by atoms with E-state index in [0.29, 0.717) is 12.5 Å². The first-order valence-electron chi connectivity index (χ1n) is 7.99. The number of nitrogens with two attached hydrogens (primary N) is 1. The van der Waals surface area contributed by atoms with E-state index in [4.69, 9.17) is 10.5 Å². The average Bonchev–Trinajstić information content (AvgIpc) is 3.09. The fourth-order valence-corrected chi connectivity index (χ4v) is 3.29. The number of anilines is 1. The number of benzene rings is 2. The Morgan fingerprint density at radius 1 is 1.12 bits per heavy atom. The van der Waals surface area contributed by atoms with Crippen LogP contribution in [-0.4, -0.2) is 13.1 Å². The Hall–Kier alpha value is -2.06. The Bertz CT molecular complexity index is 875. The maximum atomic E-state index is 5.98. The van der Waals surface area contributed by atoms with Crippen LogP contribution in [0.4, 0.5) is 5.69 Å². The number of methoxy groups -OCH3 is 1. The van der Waals surface area contributed by atoms with Gasteiger partial charge in [-0.25, -0.2) is 4.99 Å². The molecule has 2 aromatic carbocycles. The summed E-state index contributed by atoms with van der Waals surface area (Å²) >= 11 is 1.68. The van der Waals surface area contributed by atoms with Crippen LogP contribution in [0.3, 0.4) is 0 Å². The van der Waals surface area contributed by atoms with Crippen LogP contribution in [0.5, 0.6) is 5.75 Å². The molecule has 0 unspecified atom stereocenters. The highest BCUT2D eigenvalue weighted by Gasteiger charge is 2.03. The van der Waals surface area contributed by atoms with Crippen molar-refractivity contribution in [3.8, 4) is 16.9 Å². The Kier molecular flexibility index (Phi) is 7.47. The van der Waals surface area contributed by atoms with Gasteiger partial charge in [0.2, 0.25) is 0 Å². The number of thiophene rings is 1. The van der Waals surface area contributed by atoms with Crippen LogP contribution in [0.2, 0.25) is 0 Å². The molecule has 3 N–H and O–H groups in total. The molecule has 0 aliphatic rings. The van der Waals surface area contributed by atoms with Crippen LogP contribution >= 0.6 is 35.3 Å². The molecule has 0 atom stereocenters. The third-order valence-electron chi connectivity index (χ3n) is 3.77. The van der Waals surface area contributed by atoms with Crippen LogP contribution in [0, 0.1) is 6.92 Å². The third-order valence-corrected chi connectivity index (χ3v) is 4.69. The van der Waals surface area contributed by atoms with Gasteiger partial charge in [0.25, 0.3) is 0 Å². The van der Waals surface area contributed by atoms with Gasteiger partial charge in [0.05, 0.1) is 13.7 Å². The molecule has 0 spiro atoms. The highest BCUT2D eigenvalue weighted by atomic mass is 127. The molecule has 1 aromatic heterocycles. The fraction of sp³-hybridized carbons (Fsp3) is 0.150. The quantitative estimate of drug-likeness (QED) is 0.298. The number of ether oxygens (including phenoxy) is 1. The van der Waals surface area contributed by atoms with Gasteiger partial charge >= 0.3 is 0 Å². The van der Waals surface area contributed by atoms with Crippen molar-refractivity contribution in [3.63, 3.8) is 0 Å². The lowest BCUT2D eigenvalue weighted by Gasteiger charge is -2.05. The van der Waals surface area contributed by atoms with Gasteiger partial charge in [-0.1, -0.05) is 24.3 Å². The van der Waals surface area contributed by atoms with Crippen LogP contribution in [0.15, 0.2) is 65.0 Å². The smallest absolute Gasteiger partial charge is 0.193 e. The second-order valence-corrected chi connectivity index (χ2v) is 6.72. The molecule has 0 radical (unpaired) electrons. The summed E-state index contributed by atoms with van der Waals surface area (Å²) in [5, 5.41) is 5.26. The van der Waals surface area contributed by atoms with Gasteiger partial charge < -0.3 is 15.8 Å². The van der Waals surface area contributed by atoms with Crippen molar-refractivity contribution >= 4 is 47.0 Å². The minimum atomic E-state index is 0. The third kappa shape index (κ3) is 5.47. The summed E-state index contributed by atoms with van der Waals surface area (Å²) in [6.45, 7) is 2.61. The second-order valence-electron chi connectivity index (χ2n) is 5.73. The average molecular weight is 479 g/mol. The molecule has 0 bridgehead atoms. The second kappa shape index (κ2) is 9.59. The first-order valence-corrected chi connectivity index (χ1v) is 8.87. The highest BCUT2D eigenvalue weighted by Crippen LogP contribution is 2.27. The van der Waals surface area contributed by atoms with E-state index in [1.165, 1.54) is 16.0 Å². The molecule has 3 rings (SSSR count). The van der Waals surface area contributed by atoms with Gasteiger partial charge in [0.15, 0.2) is 5.96 Å². The standard InChI is InChI=1S/C20H21N3OS.HI/c1-14-4-3-5-17(10-14)23-20(21)22-12-19-11-16(13-25-19)15-6-8-18(24-2)9-7-15;/h3-11,13H,12H2,1-2H3,(H3,21,22,23);1H. The number of guanidine groups is 1. The number of hydrogen-bond donors (Lipinski definition) is 2. The number of halogens is 1. The van der Waals surface area contributed by atoms with Gasteiger partial charge in [-0.05, 0) is 59.3 Å². The SMILES string of the molecule is COc1ccc(-c2csc(CN=C(N)Nc3cccc(C)c3)c2)cc1.I. The maximum absolute atomic E-state index is 5.98. The molecule has 0 amide bonds. The molecule has 0 aliphatic carbocycles. The summed E-state index contributed by atoms with van der Waals surface area (Å²) in [6, 6.07) is 18.2. The number of nitrogens with zero attached hydrogens (tertiary/aromatic N) is 1. The summed E-state index contributed by atoms with van der Waals surface area (Å²) in [4.78, 5) is 5.59. The number of rotatable bonds is 5. The number of aliphatic imine (C=N–C) groups is 1. The predicted octanol–water partition coefficient (Wildman–Crippen LogP) is 5.28. The molecule has 136 valence electrons. The van der Waals surface area contributed by atoms with Crippen molar-refractivity contribution in [1.29, 1.82) is 0 Å². The van der Waals surface area contributed by atoms with Gasteiger partial charge in [-0.15, -0.1) is 35.3 Å². The Morgan fingerprint density at radius 2 is 1.88 bits per heavy atom. The van der Waals surface area contributed by atoms with Gasteiger partial charge in [0, 0.05) is 10.6 Å². The molecule has 0 saturated carbocycles. The van der Waals surface area contributed by atoms with E-state index in [1.54, 1.807) is 18.4 Å². The predicted molar refractivity (Wildman–Crippen MR) is 122 cm³/mol. The Labute approximate surface area is 175 Å². The summed E-state index contributed by atoms with van der Waals surface area (Å²) in [7, 11) is 1.67. The molecular formula is C20H22IN3OS. The highest BCUT2D eigenvalue weighted by molar-refractivity contribution is 14.0. The van der Waals surface area contributed by atoms with E-state index in [-0.39, 0.29) is 24.0 Å². The summed E-state index contributed by atoms with van der Waals surface area (Å²) in [5.74, 6) is 1.28. The molecule has 0 fully saturated rings. The lowest BCUT2D eigenvalue weighted by molar-refractivity contribution is 0.415. The van der Waals surface area contributed by atoms with Crippen molar-refractivity contribution in [1.82, 2.24) is 0 Å². The van der Waals surface area contributed by atoms with Crippen molar-refractivity contribution in [3.05, 3.63) is 70.4 Å². The van der Waals surface area contributed by atoms with Gasteiger partial charge in [0.1, 0.15) is 5.75 Å². The lowest BCUT2D eigenvalue weighted by Crippen LogP contribution is -2.22. The summed E-state index contributed by atoms with van der Waals surface area (Å²) in [5.41, 5.74) is 10.5. The lowest BCUT2D eigenvalue weighted by atomic mass is 10.1. The first kappa shape index (κ1) is 20.3. The van der Waals surface area contributed by atoms with E-state index < -0.39 is 0 Å². The van der Waals surface area contributed by atoms with E-state index >= 15 is 0 Å². The number of hydrogen-bond acceptors (Lipinski definition) is 3. The van der Waals surface area contributed by atoms with E-state index in [2.05, 4.69) is 33.9 Å². The zero-order valence-corrected chi connectivity index (χ0v) is 17.9. The van der Waals surface area contributed by atoms with Crippen LogP contribution < -0.4 is 15.8 Å². The molecule has 3 aromatic rings. The largest absolute Gasteiger partial charge is 0.497 e. The van der Waals surface area contributed by atoms with Crippen molar-refractivity contribution in [2.24, 2.45) is 10.7 Å². The van der Waals surface area contributed by atoms with Crippen LogP contribution in [-0.2, 0) is 6.54 Å². The molecule has 0 aliphatic heterocycles. The topological polar surface area (TPSA) is 59.6 Å². The molecule has 1 heterocycles. The zero-order valence-electron chi connectivity index (χ0n) is 14.7. The van der Waals surface area contributed by atoms with E-state index in [1.807, 2.05) is 43.3 Å². The monoisotopic (exact) mass is 479 g/mol. The van der Waals surface area contributed by atoms with Gasteiger partial charge in [-0.3, -0.25) is 0 Å². The molecule has 6 heteroatoms. The minimum absolute atomic E-state index is 0. The van der Waals surface area contributed by atoms with Gasteiger partial charge in [-0.2, -0.15) is 0 Å². The molecular weight excluding hydrogens is 457 g/mol. The minimum Gasteiger partial charge on any atom is -0.497 e. The van der Waals surface area contributed by atoms with E-state index in [9.17, 15) is 0 Å². The van der Waals surface area contributed by atoms with Crippen molar-refractivity contribution in [2.45, 2.75) is 13.5 Å². The molecule has 26 heavy (non-hydrogen) atoms. The Morgan fingerprint density at radius 3 is 2.58 bits per heavy atom. The number of aryl methyl sites for hydroxylation is 1. The molecule has 4 nitrogen and oxygen atoms in total. The van der Waals surface area contributed by atoms with Crippen molar-refractivity contribution < 1.29 is 4.74 Å². The fourth-order valence-electron chi connectivity index (χ4n) is 2.47. The van der Waals surface area contributed by atoms with E-state index in [0.717, 1.165) is 17.0 Å². The summed E-state index contributed by atoms with van der Waals surface area (Å²) < 4.78 is 5.20.